The van der Waals surface area contributed by atoms with E-state index in [2.05, 4.69) is 15.6 Å². The Hall–Kier alpha value is -4.60. The lowest BCUT2D eigenvalue weighted by atomic mass is 10.2. The first-order valence-electron chi connectivity index (χ1n) is 12.6. The number of carbonyl (C=O) groups is 2. The highest BCUT2D eigenvalue weighted by molar-refractivity contribution is 6.00. The summed E-state index contributed by atoms with van der Waals surface area (Å²) < 4.78 is 7.14. The van der Waals surface area contributed by atoms with Gasteiger partial charge in [0.15, 0.2) is 11.5 Å². The molecule has 2 aromatic carbocycles. The van der Waals surface area contributed by atoms with Crippen LogP contribution < -0.4 is 15.4 Å². The van der Waals surface area contributed by atoms with Gasteiger partial charge in [-0.15, -0.1) is 0 Å². The Bertz CT molecular complexity index is 1450. The molecule has 1 aliphatic rings. The maximum Gasteiger partial charge on any atom is 0.335 e. The molecule has 10 nitrogen and oxygen atoms in total. The number of pyridine rings is 1. The average Bonchev–Trinajstić information content (AvgIpc) is 3.54. The molecule has 10 heteroatoms. The van der Waals surface area contributed by atoms with E-state index >= 15 is 0 Å². The zero-order valence-corrected chi connectivity index (χ0v) is 21.3. The molecule has 1 fully saturated rings. The lowest BCUT2D eigenvalue weighted by Gasteiger charge is -2.16. The molecule has 5 rings (SSSR count). The summed E-state index contributed by atoms with van der Waals surface area (Å²) in [7, 11) is 1.64. The van der Waals surface area contributed by atoms with Crippen molar-refractivity contribution in [2.75, 3.05) is 30.8 Å². The number of amides is 1. The number of benzene rings is 2. The topological polar surface area (TPSA) is 122 Å². The number of aromatic nitrogens is 3. The number of hydrogen-bond donors (Lipinski definition) is 3. The predicted molar refractivity (Wildman–Crippen MR) is 145 cm³/mol. The second kappa shape index (κ2) is 10.8. The SMILES string of the molecule is CCC(=O)N1CCC(Nc2nn(Cc3ccc(OC)cc3)c3nccc(Nc4ccc(C(=O)O)cc4)c23)C1. The third kappa shape index (κ3) is 5.24. The number of fused-ring (bicyclic) bond motifs is 1. The molecule has 1 amide bonds. The van der Waals surface area contributed by atoms with Crippen LogP contribution >= 0.6 is 0 Å². The summed E-state index contributed by atoms with van der Waals surface area (Å²) in [5.74, 6) is 0.647. The van der Waals surface area contributed by atoms with E-state index in [1.54, 1.807) is 37.6 Å². The molecule has 1 unspecified atom stereocenters. The first kappa shape index (κ1) is 25.1. The third-order valence-corrected chi connectivity index (χ3v) is 6.72. The number of ether oxygens (including phenoxy) is 1. The molecule has 3 N–H and O–H groups in total. The zero-order valence-electron chi connectivity index (χ0n) is 21.3. The number of nitrogens with one attached hydrogen (secondary N) is 2. The number of methoxy groups -OCH3 is 1. The van der Waals surface area contributed by atoms with Gasteiger partial charge in [0.2, 0.25) is 5.91 Å². The minimum atomic E-state index is -0.971. The van der Waals surface area contributed by atoms with Crippen molar-refractivity contribution < 1.29 is 19.4 Å². The van der Waals surface area contributed by atoms with Gasteiger partial charge in [-0.25, -0.2) is 14.5 Å². The smallest absolute Gasteiger partial charge is 0.335 e. The number of aromatic carboxylic acids is 1. The molecule has 0 bridgehead atoms. The highest BCUT2D eigenvalue weighted by atomic mass is 16.5. The summed E-state index contributed by atoms with van der Waals surface area (Å²) >= 11 is 0. The molecule has 0 saturated carbocycles. The molecule has 196 valence electrons. The van der Waals surface area contributed by atoms with Crippen LogP contribution in [0.15, 0.2) is 60.8 Å². The molecule has 0 aliphatic carbocycles. The molecule has 0 radical (unpaired) electrons. The summed E-state index contributed by atoms with van der Waals surface area (Å²) in [6.45, 7) is 3.73. The van der Waals surface area contributed by atoms with E-state index < -0.39 is 5.97 Å². The predicted octanol–water partition coefficient (Wildman–Crippen LogP) is 4.35. The molecular formula is C28H30N6O4. The number of nitrogens with zero attached hydrogens (tertiary/aromatic N) is 4. The number of carbonyl (C=O) groups excluding carboxylic acids is 1. The maximum absolute atomic E-state index is 12.2. The number of carboxylic acid groups (broad SMARTS) is 1. The second-order valence-corrected chi connectivity index (χ2v) is 9.24. The molecule has 1 aliphatic heterocycles. The number of anilines is 3. The number of rotatable bonds is 9. The normalized spacial score (nSPS) is 15.0. The van der Waals surface area contributed by atoms with Gasteiger partial charge in [0.05, 0.1) is 30.3 Å². The lowest BCUT2D eigenvalue weighted by molar-refractivity contribution is -0.129. The van der Waals surface area contributed by atoms with Gasteiger partial charge in [-0.05, 0) is 54.4 Å². The summed E-state index contributed by atoms with van der Waals surface area (Å²) in [6, 6.07) is 16.4. The van der Waals surface area contributed by atoms with E-state index in [0.717, 1.165) is 34.5 Å². The largest absolute Gasteiger partial charge is 0.497 e. The van der Waals surface area contributed by atoms with Crippen molar-refractivity contribution in [3.8, 4) is 5.75 Å². The Kier molecular flexibility index (Phi) is 7.12. The van der Waals surface area contributed by atoms with Crippen molar-refractivity contribution in [3.63, 3.8) is 0 Å². The molecule has 0 spiro atoms. The highest BCUT2D eigenvalue weighted by Crippen LogP contribution is 2.33. The zero-order chi connectivity index (χ0) is 26.6. The Morgan fingerprint density at radius 1 is 1.11 bits per heavy atom. The molecule has 1 atom stereocenters. The van der Waals surface area contributed by atoms with Gasteiger partial charge in [0.25, 0.3) is 0 Å². The number of likely N-dealkylation sites (tertiary alicyclic amines) is 1. The fourth-order valence-electron chi connectivity index (χ4n) is 4.69. The molecule has 3 heterocycles. The molecule has 1 saturated heterocycles. The van der Waals surface area contributed by atoms with Gasteiger partial charge in [-0.3, -0.25) is 4.79 Å². The quantitative estimate of drug-likeness (QED) is 0.301. The van der Waals surface area contributed by atoms with Crippen molar-refractivity contribution in [3.05, 3.63) is 71.9 Å². The van der Waals surface area contributed by atoms with Crippen LogP contribution in [0.2, 0.25) is 0 Å². The van der Waals surface area contributed by atoms with Crippen LogP contribution in [0.5, 0.6) is 5.75 Å². The number of hydrogen-bond acceptors (Lipinski definition) is 7. The van der Waals surface area contributed by atoms with Crippen LogP contribution in [0.4, 0.5) is 17.2 Å². The van der Waals surface area contributed by atoms with Crippen molar-refractivity contribution in [2.45, 2.75) is 32.4 Å². The summed E-state index contributed by atoms with van der Waals surface area (Å²) in [4.78, 5) is 30.0. The standard InChI is InChI=1S/C28H30N6O4/c1-3-24(35)33-15-13-21(17-33)31-26-25-23(30-20-8-6-19(7-9-20)28(36)37)12-14-29-27(25)34(32-26)16-18-4-10-22(38-2)11-5-18/h4-12,14,21H,3,13,15-17H2,1-2H3,(H,29,30)(H,31,32)(H,36,37). The molecular weight excluding hydrogens is 484 g/mol. The van der Waals surface area contributed by atoms with Crippen molar-refractivity contribution in [1.82, 2.24) is 19.7 Å². The third-order valence-electron chi connectivity index (χ3n) is 6.72. The minimum Gasteiger partial charge on any atom is -0.497 e. The second-order valence-electron chi connectivity index (χ2n) is 9.24. The molecule has 4 aromatic rings. The van der Waals surface area contributed by atoms with Gasteiger partial charge in [0, 0.05) is 37.4 Å². The van der Waals surface area contributed by atoms with Gasteiger partial charge in [0.1, 0.15) is 5.75 Å². The van der Waals surface area contributed by atoms with Gasteiger partial charge < -0.3 is 25.4 Å². The van der Waals surface area contributed by atoms with Crippen LogP contribution in [0.25, 0.3) is 11.0 Å². The Balaban J connectivity index is 1.49. The number of carboxylic acids is 1. The van der Waals surface area contributed by atoms with Crippen molar-refractivity contribution >= 4 is 40.1 Å². The summed E-state index contributed by atoms with van der Waals surface area (Å²) in [5, 5.41) is 21.9. The van der Waals surface area contributed by atoms with Crippen LogP contribution in [0.1, 0.15) is 35.7 Å². The molecule has 38 heavy (non-hydrogen) atoms. The van der Waals surface area contributed by atoms with Crippen molar-refractivity contribution in [1.29, 1.82) is 0 Å². The highest BCUT2D eigenvalue weighted by Gasteiger charge is 2.27. The average molecular weight is 515 g/mol. The van der Waals surface area contributed by atoms with Crippen LogP contribution in [-0.4, -0.2) is 62.9 Å². The maximum atomic E-state index is 12.2. The monoisotopic (exact) mass is 514 g/mol. The summed E-state index contributed by atoms with van der Waals surface area (Å²) in [6.07, 6.45) is 3.05. The van der Waals surface area contributed by atoms with E-state index in [0.29, 0.717) is 37.5 Å². The van der Waals surface area contributed by atoms with E-state index in [-0.39, 0.29) is 17.5 Å². The van der Waals surface area contributed by atoms with Gasteiger partial charge in [-0.1, -0.05) is 19.1 Å². The van der Waals surface area contributed by atoms with E-state index in [1.165, 1.54) is 0 Å². The first-order valence-corrected chi connectivity index (χ1v) is 12.6. The first-order chi connectivity index (χ1) is 18.4. The van der Waals surface area contributed by atoms with E-state index in [9.17, 15) is 14.7 Å². The van der Waals surface area contributed by atoms with Crippen molar-refractivity contribution in [2.24, 2.45) is 0 Å². The Morgan fingerprint density at radius 3 is 2.55 bits per heavy atom. The summed E-state index contributed by atoms with van der Waals surface area (Å²) in [5.41, 5.74) is 3.51. The van der Waals surface area contributed by atoms with Crippen LogP contribution in [0, 0.1) is 0 Å². The lowest BCUT2D eigenvalue weighted by Crippen LogP contribution is -2.31. The van der Waals surface area contributed by atoms with E-state index in [1.807, 2.05) is 46.8 Å². The fraction of sp³-hybridized carbons (Fsp3) is 0.286. The van der Waals surface area contributed by atoms with E-state index in [4.69, 9.17) is 9.84 Å². The van der Waals surface area contributed by atoms with Crippen LogP contribution in [-0.2, 0) is 11.3 Å². The minimum absolute atomic E-state index is 0.0703. The van der Waals surface area contributed by atoms with Crippen LogP contribution in [0.3, 0.4) is 0 Å². The Morgan fingerprint density at radius 2 is 1.87 bits per heavy atom. The van der Waals surface area contributed by atoms with Gasteiger partial charge >= 0.3 is 5.97 Å². The Labute approximate surface area is 220 Å². The van der Waals surface area contributed by atoms with Gasteiger partial charge in [-0.2, -0.15) is 5.10 Å². The molecule has 2 aromatic heterocycles. The fourth-order valence-corrected chi connectivity index (χ4v) is 4.69.